The third-order valence-corrected chi connectivity index (χ3v) is 3.45. The predicted molar refractivity (Wildman–Crippen MR) is 57.3 cm³/mol. The molecule has 1 aliphatic rings. The SMILES string of the molecule is CCCCCC(=O)C1(C)OCCC1C. The highest BCUT2D eigenvalue weighted by Crippen LogP contribution is 2.33. The molecular weight excluding hydrogens is 176 g/mol. The molecule has 0 saturated carbocycles. The first-order chi connectivity index (χ1) is 6.61. The van der Waals surface area contributed by atoms with E-state index in [-0.39, 0.29) is 0 Å². The van der Waals surface area contributed by atoms with Gasteiger partial charge in [0.05, 0.1) is 0 Å². The summed E-state index contributed by atoms with van der Waals surface area (Å²) in [5.41, 5.74) is -0.478. The summed E-state index contributed by atoms with van der Waals surface area (Å²) in [6.45, 7) is 6.97. The highest BCUT2D eigenvalue weighted by Gasteiger charge is 2.42. The lowest BCUT2D eigenvalue weighted by Crippen LogP contribution is -2.39. The summed E-state index contributed by atoms with van der Waals surface area (Å²) in [6, 6.07) is 0. The van der Waals surface area contributed by atoms with Gasteiger partial charge < -0.3 is 4.74 Å². The monoisotopic (exact) mass is 198 g/mol. The van der Waals surface area contributed by atoms with Crippen molar-refractivity contribution >= 4 is 5.78 Å². The standard InChI is InChI=1S/C12H22O2/c1-4-5-6-7-11(13)12(3)10(2)8-9-14-12/h10H,4-9H2,1-3H3. The minimum Gasteiger partial charge on any atom is -0.367 e. The van der Waals surface area contributed by atoms with E-state index in [2.05, 4.69) is 13.8 Å². The Hall–Kier alpha value is -0.370. The van der Waals surface area contributed by atoms with E-state index in [4.69, 9.17) is 4.74 Å². The highest BCUT2D eigenvalue weighted by molar-refractivity contribution is 5.87. The molecule has 0 spiro atoms. The van der Waals surface area contributed by atoms with Crippen LogP contribution in [0.15, 0.2) is 0 Å². The fourth-order valence-corrected chi connectivity index (χ4v) is 2.00. The first-order valence-corrected chi connectivity index (χ1v) is 5.78. The van der Waals surface area contributed by atoms with Gasteiger partial charge in [-0.05, 0) is 25.7 Å². The molecule has 1 saturated heterocycles. The Kier molecular flexibility index (Phi) is 4.11. The van der Waals surface area contributed by atoms with Crippen LogP contribution in [0.2, 0.25) is 0 Å². The zero-order valence-corrected chi connectivity index (χ0v) is 9.64. The maximum absolute atomic E-state index is 11.9. The van der Waals surface area contributed by atoms with E-state index in [0.29, 0.717) is 18.1 Å². The fourth-order valence-electron chi connectivity index (χ4n) is 2.00. The molecule has 0 radical (unpaired) electrons. The summed E-state index contributed by atoms with van der Waals surface area (Å²) in [4.78, 5) is 11.9. The van der Waals surface area contributed by atoms with Gasteiger partial charge >= 0.3 is 0 Å². The van der Waals surface area contributed by atoms with Crippen molar-refractivity contribution in [2.45, 2.75) is 58.5 Å². The Labute approximate surface area is 87.0 Å². The summed E-state index contributed by atoms with van der Waals surface area (Å²) in [6.07, 6.45) is 5.04. The van der Waals surface area contributed by atoms with Crippen LogP contribution in [0.1, 0.15) is 52.9 Å². The lowest BCUT2D eigenvalue weighted by Gasteiger charge is -2.26. The van der Waals surface area contributed by atoms with E-state index in [1.54, 1.807) is 0 Å². The number of hydrogen-bond acceptors (Lipinski definition) is 2. The van der Waals surface area contributed by atoms with Crippen molar-refractivity contribution in [2.75, 3.05) is 6.61 Å². The fraction of sp³-hybridized carbons (Fsp3) is 0.917. The second kappa shape index (κ2) is 4.92. The molecule has 0 aromatic heterocycles. The van der Waals surface area contributed by atoms with Crippen LogP contribution in [0.5, 0.6) is 0 Å². The molecule has 0 bridgehead atoms. The number of carbonyl (C=O) groups excluding carboxylic acids is 1. The van der Waals surface area contributed by atoms with E-state index in [1.165, 1.54) is 6.42 Å². The van der Waals surface area contributed by atoms with Gasteiger partial charge in [0.15, 0.2) is 5.78 Å². The quantitative estimate of drug-likeness (QED) is 0.635. The van der Waals surface area contributed by atoms with Crippen molar-refractivity contribution in [2.24, 2.45) is 5.92 Å². The van der Waals surface area contributed by atoms with E-state index in [0.717, 1.165) is 25.9 Å². The molecule has 2 unspecified atom stereocenters. The minimum atomic E-state index is -0.478. The number of Topliss-reactive ketones (excluding diaryl/α,β-unsaturated/α-hetero) is 1. The van der Waals surface area contributed by atoms with Crippen LogP contribution in [-0.2, 0) is 9.53 Å². The molecule has 14 heavy (non-hydrogen) atoms. The van der Waals surface area contributed by atoms with Crippen LogP contribution >= 0.6 is 0 Å². The first-order valence-electron chi connectivity index (χ1n) is 5.78. The Bertz CT molecular complexity index is 200. The molecule has 2 atom stereocenters. The summed E-state index contributed by atoms with van der Waals surface area (Å²) < 4.78 is 5.60. The lowest BCUT2D eigenvalue weighted by molar-refractivity contribution is -0.140. The molecule has 1 heterocycles. The van der Waals surface area contributed by atoms with E-state index in [1.807, 2.05) is 6.92 Å². The number of rotatable bonds is 5. The number of hydrogen-bond donors (Lipinski definition) is 0. The summed E-state index contributed by atoms with van der Waals surface area (Å²) in [5, 5.41) is 0. The smallest absolute Gasteiger partial charge is 0.164 e. The molecule has 0 N–H and O–H groups in total. The van der Waals surface area contributed by atoms with Gasteiger partial charge in [-0.25, -0.2) is 0 Å². The van der Waals surface area contributed by atoms with Gasteiger partial charge in [0, 0.05) is 13.0 Å². The maximum Gasteiger partial charge on any atom is 0.164 e. The average molecular weight is 198 g/mol. The lowest BCUT2D eigenvalue weighted by atomic mass is 9.85. The largest absolute Gasteiger partial charge is 0.367 e. The molecule has 2 heteroatoms. The van der Waals surface area contributed by atoms with Crippen molar-refractivity contribution in [3.8, 4) is 0 Å². The van der Waals surface area contributed by atoms with Crippen LogP contribution in [0, 0.1) is 5.92 Å². The Morgan fingerprint density at radius 3 is 2.71 bits per heavy atom. The van der Waals surface area contributed by atoms with Gasteiger partial charge in [-0.1, -0.05) is 26.7 Å². The third-order valence-electron chi connectivity index (χ3n) is 3.45. The number of unbranched alkanes of at least 4 members (excludes halogenated alkanes) is 2. The van der Waals surface area contributed by atoms with Gasteiger partial charge in [0.25, 0.3) is 0 Å². The van der Waals surface area contributed by atoms with Crippen molar-refractivity contribution in [1.82, 2.24) is 0 Å². The molecule has 1 fully saturated rings. The normalized spacial score (nSPS) is 32.1. The number of ether oxygens (including phenoxy) is 1. The topological polar surface area (TPSA) is 26.3 Å². The highest BCUT2D eigenvalue weighted by atomic mass is 16.5. The molecular formula is C12H22O2. The van der Waals surface area contributed by atoms with Gasteiger partial charge in [-0.15, -0.1) is 0 Å². The zero-order valence-electron chi connectivity index (χ0n) is 9.64. The molecule has 0 aromatic rings. The van der Waals surface area contributed by atoms with Gasteiger partial charge in [0.1, 0.15) is 5.60 Å². The Morgan fingerprint density at radius 1 is 1.50 bits per heavy atom. The summed E-state index contributed by atoms with van der Waals surface area (Å²) in [5.74, 6) is 0.688. The van der Waals surface area contributed by atoms with Crippen LogP contribution in [0.25, 0.3) is 0 Å². The van der Waals surface area contributed by atoms with E-state index >= 15 is 0 Å². The average Bonchev–Trinajstić information content (AvgIpc) is 2.49. The van der Waals surface area contributed by atoms with Crippen LogP contribution in [-0.4, -0.2) is 18.0 Å². The third kappa shape index (κ3) is 2.35. The van der Waals surface area contributed by atoms with Crippen molar-refractivity contribution in [3.05, 3.63) is 0 Å². The molecule has 82 valence electrons. The number of carbonyl (C=O) groups is 1. The predicted octanol–water partition coefficient (Wildman–Crippen LogP) is 2.95. The second-order valence-electron chi connectivity index (χ2n) is 4.53. The van der Waals surface area contributed by atoms with Gasteiger partial charge in [-0.2, -0.15) is 0 Å². The summed E-state index contributed by atoms with van der Waals surface area (Å²) in [7, 11) is 0. The molecule has 0 amide bonds. The van der Waals surface area contributed by atoms with Crippen molar-refractivity contribution < 1.29 is 9.53 Å². The zero-order chi connectivity index (χ0) is 10.6. The van der Waals surface area contributed by atoms with Crippen LogP contribution in [0.3, 0.4) is 0 Å². The molecule has 1 rings (SSSR count). The van der Waals surface area contributed by atoms with Gasteiger partial charge in [-0.3, -0.25) is 4.79 Å². The van der Waals surface area contributed by atoms with E-state index in [9.17, 15) is 4.79 Å². The minimum absolute atomic E-state index is 0.302. The van der Waals surface area contributed by atoms with Crippen LogP contribution < -0.4 is 0 Å². The second-order valence-corrected chi connectivity index (χ2v) is 4.53. The Balaban J connectivity index is 2.42. The molecule has 0 aliphatic carbocycles. The van der Waals surface area contributed by atoms with Crippen LogP contribution in [0.4, 0.5) is 0 Å². The summed E-state index contributed by atoms with van der Waals surface area (Å²) >= 11 is 0. The Morgan fingerprint density at radius 2 is 2.21 bits per heavy atom. The maximum atomic E-state index is 11.9. The molecule has 0 aromatic carbocycles. The van der Waals surface area contributed by atoms with Gasteiger partial charge in [0.2, 0.25) is 0 Å². The van der Waals surface area contributed by atoms with Crippen molar-refractivity contribution in [3.63, 3.8) is 0 Å². The van der Waals surface area contributed by atoms with E-state index < -0.39 is 5.60 Å². The molecule has 2 nitrogen and oxygen atoms in total. The first kappa shape index (κ1) is 11.7. The van der Waals surface area contributed by atoms with Crippen molar-refractivity contribution in [1.29, 1.82) is 0 Å². The molecule has 1 aliphatic heterocycles. The number of ketones is 1.